The molecule has 3 nitrogen and oxygen atoms in total. The first-order valence-corrected chi connectivity index (χ1v) is 5.98. The first-order valence-electron chi connectivity index (χ1n) is 4.30. The third kappa shape index (κ3) is 2.49. The lowest BCUT2D eigenvalue weighted by Crippen LogP contribution is -1.93. The summed E-state index contributed by atoms with van der Waals surface area (Å²) in [6.45, 7) is 0. The van der Waals surface area contributed by atoms with Gasteiger partial charge in [0.1, 0.15) is 10.4 Å². The van der Waals surface area contributed by atoms with Crippen LogP contribution in [0.4, 0.5) is 10.8 Å². The summed E-state index contributed by atoms with van der Waals surface area (Å²) < 4.78 is 6.06. The molecule has 1 N–H and O–H groups in total. The van der Waals surface area contributed by atoms with Crippen molar-refractivity contribution in [1.82, 2.24) is 4.98 Å². The fourth-order valence-electron chi connectivity index (χ4n) is 1.17. The summed E-state index contributed by atoms with van der Waals surface area (Å²) in [6.07, 6.45) is 0. The van der Waals surface area contributed by atoms with Crippen LogP contribution in [0.5, 0.6) is 5.75 Å². The van der Waals surface area contributed by atoms with Crippen molar-refractivity contribution in [2.75, 3.05) is 12.4 Å². The van der Waals surface area contributed by atoms with Gasteiger partial charge in [-0.15, -0.1) is 11.3 Å². The van der Waals surface area contributed by atoms with E-state index in [1.54, 1.807) is 7.11 Å². The van der Waals surface area contributed by atoms with Crippen LogP contribution in [0.2, 0.25) is 0 Å². The summed E-state index contributed by atoms with van der Waals surface area (Å²) in [6, 6.07) is 7.74. The fourth-order valence-corrected chi connectivity index (χ4v) is 2.33. The number of methoxy groups -OCH3 is 1. The number of hydrogen-bond acceptors (Lipinski definition) is 4. The summed E-state index contributed by atoms with van der Waals surface area (Å²) in [4.78, 5) is 4.25. The van der Waals surface area contributed by atoms with Gasteiger partial charge in [0, 0.05) is 5.38 Å². The smallest absolute Gasteiger partial charge is 0.188 e. The van der Waals surface area contributed by atoms with E-state index in [0.717, 1.165) is 21.2 Å². The SMILES string of the molecule is COc1ccccc1Nc1nc(Br)cs1. The molecule has 78 valence electrons. The van der Waals surface area contributed by atoms with E-state index in [1.807, 2.05) is 29.6 Å². The Morgan fingerprint density at radius 2 is 2.20 bits per heavy atom. The van der Waals surface area contributed by atoms with Gasteiger partial charge in [0.2, 0.25) is 0 Å². The van der Waals surface area contributed by atoms with Crippen LogP contribution >= 0.6 is 27.3 Å². The molecule has 0 amide bonds. The predicted octanol–water partition coefficient (Wildman–Crippen LogP) is 3.66. The van der Waals surface area contributed by atoms with Crippen LogP contribution in [0.25, 0.3) is 0 Å². The van der Waals surface area contributed by atoms with Gasteiger partial charge in [-0.1, -0.05) is 12.1 Å². The first kappa shape index (κ1) is 10.4. The highest BCUT2D eigenvalue weighted by atomic mass is 79.9. The number of para-hydroxylation sites is 2. The molecule has 0 spiro atoms. The molecule has 15 heavy (non-hydrogen) atoms. The molecular formula is C10H9BrN2OS. The number of nitrogens with zero attached hydrogens (tertiary/aromatic N) is 1. The summed E-state index contributed by atoms with van der Waals surface area (Å²) >= 11 is 4.85. The summed E-state index contributed by atoms with van der Waals surface area (Å²) in [5.41, 5.74) is 0.918. The lowest BCUT2D eigenvalue weighted by Gasteiger charge is -2.07. The minimum absolute atomic E-state index is 0.809. The molecule has 2 aromatic rings. The van der Waals surface area contributed by atoms with Crippen LogP contribution in [0.3, 0.4) is 0 Å². The molecule has 1 heterocycles. The highest BCUT2D eigenvalue weighted by molar-refractivity contribution is 9.10. The lowest BCUT2D eigenvalue weighted by molar-refractivity contribution is 0.417. The Hall–Kier alpha value is -1.07. The Labute approximate surface area is 100 Å². The van der Waals surface area contributed by atoms with Crippen LogP contribution < -0.4 is 10.1 Å². The van der Waals surface area contributed by atoms with E-state index in [0.29, 0.717) is 0 Å². The Balaban J connectivity index is 2.23. The minimum Gasteiger partial charge on any atom is -0.495 e. The van der Waals surface area contributed by atoms with Crippen molar-refractivity contribution < 1.29 is 4.74 Å². The molecule has 0 aliphatic rings. The lowest BCUT2D eigenvalue weighted by atomic mass is 10.3. The number of ether oxygens (including phenoxy) is 1. The second kappa shape index (κ2) is 4.63. The van der Waals surface area contributed by atoms with Gasteiger partial charge in [0.15, 0.2) is 5.13 Å². The monoisotopic (exact) mass is 284 g/mol. The Morgan fingerprint density at radius 1 is 1.40 bits per heavy atom. The number of benzene rings is 1. The number of nitrogens with one attached hydrogen (secondary N) is 1. The molecule has 0 saturated carbocycles. The average Bonchev–Trinajstić information content (AvgIpc) is 2.65. The maximum atomic E-state index is 5.23. The third-order valence-electron chi connectivity index (χ3n) is 1.82. The maximum Gasteiger partial charge on any atom is 0.188 e. The largest absolute Gasteiger partial charge is 0.495 e. The van der Waals surface area contributed by atoms with Crippen LogP contribution in [-0.2, 0) is 0 Å². The Bertz CT molecular complexity index is 458. The van der Waals surface area contributed by atoms with E-state index in [2.05, 4.69) is 26.2 Å². The van der Waals surface area contributed by atoms with Crippen molar-refractivity contribution in [3.63, 3.8) is 0 Å². The zero-order chi connectivity index (χ0) is 10.7. The maximum absolute atomic E-state index is 5.23. The van der Waals surface area contributed by atoms with Crippen molar-refractivity contribution in [2.24, 2.45) is 0 Å². The first-order chi connectivity index (χ1) is 7.29. The van der Waals surface area contributed by atoms with Gasteiger partial charge in [-0.25, -0.2) is 4.98 Å². The number of rotatable bonds is 3. The van der Waals surface area contributed by atoms with E-state index < -0.39 is 0 Å². The molecule has 2 rings (SSSR count). The van der Waals surface area contributed by atoms with Gasteiger partial charge >= 0.3 is 0 Å². The topological polar surface area (TPSA) is 34.1 Å². The van der Waals surface area contributed by atoms with Gasteiger partial charge in [-0.3, -0.25) is 0 Å². The number of halogens is 1. The van der Waals surface area contributed by atoms with Gasteiger partial charge in [-0.05, 0) is 28.1 Å². The molecule has 0 unspecified atom stereocenters. The van der Waals surface area contributed by atoms with E-state index in [9.17, 15) is 0 Å². The van der Waals surface area contributed by atoms with E-state index in [1.165, 1.54) is 11.3 Å². The van der Waals surface area contributed by atoms with Gasteiger partial charge in [0.05, 0.1) is 12.8 Å². The molecule has 0 aliphatic carbocycles. The van der Waals surface area contributed by atoms with E-state index >= 15 is 0 Å². The molecule has 5 heteroatoms. The zero-order valence-electron chi connectivity index (χ0n) is 8.03. The van der Waals surface area contributed by atoms with E-state index in [4.69, 9.17) is 4.74 Å². The van der Waals surface area contributed by atoms with Crippen molar-refractivity contribution in [3.8, 4) is 5.75 Å². The molecule has 1 aromatic heterocycles. The minimum atomic E-state index is 0.809. The molecule has 0 atom stereocenters. The van der Waals surface area contributed by atoms with Crippen molar-refractivity contribution in [2.45, 2.75) is 0 Å². The van der Waals surface area contributed by atoms with Gasteiger partial charge in [0.25, 0.3) is 0 Å². The molecule has 0 bridgehead atoms. The molecule has 0 fully saturated rings. The van der Waals surface area contributed by atoms with Crippen molar-refractivity contribution in [1.29, 1.82) is 0 Å². The fraction of sp³-hybridized carbons (Fsp3) is 0.100. The normalized spacial score (nSPS) is 10.0. The van der Waals surface area contributed by atoms with Crippen LogP contribution in [0, 0.1) is 0 Å². The molecule has 0 radical (unpaired) electrons. The number of anilines is 2. The summed E-state index contributed by atoms with van der Waals surface area (Å²) in [5.74, 6) is 0.809. The molecule has 0 aliphatic heterocycles. The van der Waals surface area contributed by atoms with Crippen molar-refractivity contribution in [3.05, 3.63) is 34.2 Å². The number of hydrogen-bond donors (Lipinski definition) is 1. The zero-order valence-corrected chi connectivity index (χ0v) is 10.4. The van der Waals surface area contributed by atoms with E-state index in [-0.39, 0.29) is 0 Å². The van der Waals surface area contributed by atoms with Crippen LogP contribution in [-0.4, -0.2) is 12.1 Å². The van der Waals surface area contributed by atoms with Crippen molar-refractivity contribution >= 4 is 38.1 Å². The average molecular weight is 285 g/mol. The molecular weight excluding hydrogens is 276 g/mol. The second-order valence-electron chi connectivity index (χ2n) is 2.80. The quantitative estimate of drug-likeness (QED) is 0.934. The predicted molar refractivity (Wildman–Crippen MR) is 66.1 cm³/mol. The molecule has 1 aromatic carbocycles. The van der Waals surface area contributed by atoms with Gasteiger partial charge in [-0.2, -0.15) is 0 Å². The number of aromatic nitrogens is 1. The number of thiazole rings is 1. The molecule has 0 saturated heterocycles. The summed E-state index contributed by atoms with van der Waals surface area (Å²) in [5, 5.41) is 5.96. The second-order valence-corrected chi connectivity index (χ2v) is 4.47. The van der Waals surface area contributed by atoms with Crippen LogP contribution in [0.1, 0.15) is 0 Å². The highest BCUT2D eigenvalue weighted by Gasteiger charge is 2.04. The highest BCUT2D eigenvalue weighted by Crippen LogP contribution is 2.29. The third-order valence-corrected chi connectivity index (χ3v) is 3.29. The summed E-state index contributed by atoms with van der Waals surface area (Å²) in [7, 11) is 1.65. The Morgan fingerprint density at radius 3 is 2.87 bits per heavy atom. The Kier molecular flexibility index (Phi) is 3.23. The van der Waals surface area contributed by atoms with Crippen LogP contribution in [0.15, 0.2) is 34.2 Å². The standard InChI is InChI=1S/C10H9BrN2OS/c1-14-8-5-3-2-4-7(8)12-10-13-9(11)6-15-10/h2-6H,1H3,(H,12,13). The van der Waals surface area contributed by atoms with Gasteiger partial charge < -0.3 is 10.1 Å².